The Morgan fingerprint density at radius 2 is 1.77 bits per heavy atom. The highest BCUT2D eigenvalue weighted by Crippen LogP contribution is 2.23. The van der Waals surface area contributed by atoms with Crippen molar-refractivity contribution in [2.45, 2.75) is 20.8 Å². The normalized spacial score (nSPS) is 10.5. The molecule has 0 saturated carbocycles. The standard InChI is InChI=1S/C23H22N6O2/c1-15-5-4-6-20(16(15)2)28-23(30)27-18-7-9-19(10-8-18)31-22-13-21(25-14-26-22)29-12-11-24-17(29)3/h4-14H,1-3H3,(H2,27,28,30). The Balaban J connectivity index is 1.40. The molecule has 4 rings (SSSR count). The average molecular weight is 414 g/mol. The van der Waals surface area contributed by atoms with E-state index in [0.29, 0.717) is 23.1 Å². The van der Waals surface area contributed by atoms with Gasteiger partial charge in [0.05, 0.1) is 0 Å². The number of nitrogens with one attached hydrogen (secondary N) is 2. The third-order valence-electron chi connectivity index (χ3n) is 4.89. The summed E-state index contributed by atoms with van der Waals surface area (Å²) in [6, 6.07) is 14.3. The quantitative estimate of drug-likeness (QED) is 0.478. The van der Waals surface area contributed by atoms with Crippen LogP contribution in [0.25, 0.3) is 5.82 Å². The lowest BCUT2D eigenvalue weighted by molar-refractivity contribution is 0.262. The molecule has 0 aliphatic heterocycles. The number of ether oxygens (including phenoxy) is 1. The summed E-state index contributed by atoms with van der Waals surface area (Å²) in [5, 5.41) is 5.69. The van der Waals surface area contributed by atoms with Gasteiger partial charge in [-0.3, -0.25) is 4.57 Å². The van der Waals surface area contributed by atoms with Crippen molar-refractivity contribution in [2.24, 2.45) is 0 Å². The number of nitrogens with zero attached hydrogens (tertiary/aromatic N) is 4. The van der Waals surface area contributed by atoms with E-state index in [0.717, 1.165) is 22.6 Å². The van der Waals surface area contributed by atoms with Crippen molar-refractivity contribution in [2.75, 3.05) is 10.6 Å². The number of amides is 2. The third-order valence-corrected chi connectivity index (χ3v) is 4.89. The Hall–Kier alpha value is -4.20. The summed E-state index contributed by atoms with van der Waals surface area (Å²) in [5.41, 5.74) is 3.59. The van der Waals surface area contributed by atoms with Crippen LogP contribution in [0.5, 0.6) is 11.6 Å². The zero-order chi connectivity index (χ0) is 21.8. The number of urea groups is 1. The lowest BCUT2D eigenvalue weighted by Gasteiger charge is -2.12. The first-order valence-corrected chi connectivity index (χ1v) is 9.74. The van der Waals surface area contributed by atoms with E-state index >= 15 is 0 Å². The molecule has 8 heteroatoms. The number of aryl methyl sites for hydroxylation is 2. The van der Waals surface area contributed by atoms with E-state index < -0.39 is 0 Å². The smallest absolute Gasteiger partial charge is 0.323 e. The lowest BCUT2D eigenvalue weighted by atomic mass is 10.1. The van der Waals surface area contributed by atoms with Gasteiger partial charge in [-0.05, 0) is 62.2 Å². The molecule has 31 heavy (non-hydrogen) atoms. The van der Waals surface area contributed by atoms with Crippen LogP contribution in [0.1, 0.15) is 17.0 Å². The molecule has 2 amide bonds. The number of rotatable bonds is 5. The van der Waals surface area contributed by atoms with Crippen LogP contribution in [0.4, 0.5) is 16.2 Å². The summed E-state index contributed by atoms with van der Waals surface area (Å²) in [5.74, 6) is 2.49. The van der Waals surface area contributed by atoms with Crippen molar-refractivity contribution >= 4 is 17.4 Å². The van der Waals surface area contributed by atoms with E-state index in [1.54, 1.807) is 36.5 Å². The molecule has 4 aromatic rings. The van der Waals surface area contributed by atoms with Crippen molar-refractivity contribution in [3.63, 3.8) is 0 Å². The minimum absolute atomic E-state index is 0.307. The first-order valence-electron chi connectivity index (χ1n) is 9.74. The molecule has 0 aliphatic rings. The number of imidazole rings is 1. The highest BCUT2D eigenvalue weighted by molar-refractivity contribution is 6.00. The number of carbonyl (C=O) groups is 1. The largest absolute Gasteiger partial charge is 0.439 e. The molecule has 2 aromatic carbocycles. The minimum atomic E-state index is -0.307. The summed E-state index contributed by atoms with van der Waals surface area (Å²) in [6.45, 7) is 5.88. The van der Waals surface area contributed by atoms with Crippen LogP contribution in [0.15, 0.2) is 67.3 Å². The highest BCUT2D eigenvalue weighted by Gasteiger charge is 2.08. The Morgan fingerprint density at radius 1 is 0.968 bits per heavy atom. The van der Waals surface area contributed by atoms with Gasteiger partial charge >= 0.3 is 6.03 Å². The molecule has 8 nitrogen and oxygen atoms in total. The molecule has 2 heterocycles. The van der Waals surface area contributed by atoms with Gasteiger partial charge in [-0.15, -0.1) is 0 Å². The van der Waals surface area contributed by atoms with Gasteiger partial charge in [0, 0.05) is 29.8 Å². The van der Waals surface area contributed by atoms with Crippen LogP contribution in [0.3, 0.4) is 0 Å². The molecule has 2 aromatic heterocycles. The first kappa shape index (κ1) is 20.1. The summed E-state index contributed by atoms with van der Waals surface area (Å²) in [4.78, 5) is 24.9. The van der Waals surface area contributed by atoms with Crippen LogP contribution in [0, 0.1) is 20.8 Å². The molecule has 0 fully saturated rings. The van der Waals surface area contributed by atoms with Crippen LogP contribution < -0.4 is 15.4 Å². The molecular weight excluding hydrogens is 392 g/mol. The predicted octanol–water partition coefficient (Wildman–Crippen LogP) is 5.02. The Kier molecular flexibility index (Phi) is 5.61. The molecule has 0 unspecified atom stereocenters. The molecule has 156 valence electrons. The summed E-state index contributed by atoms with van der Waals surface area (Å²) >= 11 is 0. The van der Waals surface area contributed by atoms with E-state index in [9.17, 15) is 4.79 Å². The van der Waals surface area contributed by atoms with E-state index in [1.165, 1.54) is 6.33 Å². The second-order valence-electron chi connectivity index (χ2n) is 7.01. The third kappa shape index (κ3) is 4.69. The molecule has 0 atom stereocenters. The number of carbonyl (C=O) groups excluding carboxylic acids is 1. The maximum absolute atomic E-state index is 12.3. The number of anilines is 2. The van der Waals surface area contributed by atoms with E-state index in [-0.39, 0.29) is 6.03 Å². The van der Waals surface area contributed by atoms with Crippen LogP contribution in [0.2, 0.25) is 0 Å². The predicted molar refractivity (Wildman–Crippen MR) is 119 cm³/mol. The van der Waals surface area contributed by atoms with Gasteiger partial charge in [-0.1, -0.05) is 12.1 Å². The van der Waals surface area contributed by atoms with Gasteiger partial charge in [0.15, 0.2) is 0 Å². The summed E-state index contributed by atoms with van der Waals surface area (Å²) < 4.78 is 7.67. The topological polar surface area (TPSA) is 94.0 Å². The van der Waals surface area contributed by atoms with Crippen molar-refractivity contribution < 1.29 is 9.53 Å². The number of benzene rings is 2. The zero-order valence-electron chi connectivity index (χ0n) is 17.5. The monoisotopic (exact) mass is 414 g/mol. The number of hydrogen-bond donors (Lipinski definition) is 2. The first-order chi connectivity index (χ1) is 15.0. The fourth-order valence-corrected chi connectivity index (χ4v) is 3.04. The lowest BCUT2D eigenvalue weighted by Crippen LogP contribution is -2.20. The van der Waals surface area contributed by atoms with Gasteiger partial charge in [0.25, 0.3) is 0 Å². The van der Waals surface area contributed by atoms with Gasteiger partial charge in [-0.2, -0.15) is 0 Å². The zero-order valence-corrected chi connectivity index (χ0v) is 17.5. The SMILES string of the molecule is Cc1cccc(NC(=O)Nc2ccc(Oc3cc(-n4ccnc4C)ncn3)cc2)c1C. The maximum atomic E-state index is 12.3. The molecule has 0 aliphatic carbocycles. The number of hydrogen-bond acceptors (Lipinski definition) is 5. The van der Waals surface area contributed by atoms with E-state index in [1.807, 2.05) is 49.7 Å². The second-order valence-corrected chi connectivity index (χ2v) is 7.01. The van der Waals surface area contributed by atoms with Gasteiger partial charge < -0.3 is 15.4 Å². The molecule has 2 N–H and O–H groups in total. The fourth-order valence-electron chi connectivity index (χ4n) is 3.04. The minimum Gasteiger partial charge on any atom is -0.439 e. The summed E-state index contributed by atoms with van der Waals surface area (Å²) in [6.07, 6.45) is 4.98. The number of aromatic nitrogens is 4. The summed E-state index contributed by atoms with van der Waals surface area (Å²) in [7, 11) is 0. The molecular formula is C23H22N6O2. The van der Waals surface area contributed by atoms with Crippen molar-refractivity contribution in [1.29, 1.82) is 0 Å². The maximum Gasteiger partial charge on any atom is 0.323 e. The van der Waals surface area contributed by atoms with Crippen molar-refractivity contribution in [3.05, 3.63) is 84.2 Å². The van der Waals surface area contributed by atoms with Gasteiger partial charge in [0.1, 0.15) is 23.7 Å². The van der Waals surface area contributed by atoms with Gasteiger partial charge in [0.2, 0.25) is 5.88 Å². The Bertz CT molecular complexity index is 1220. The average Bonchev–Trinajstić information content (AvgIpc) is 3.19. The van der Waals surface area contributed by atoms with Gasteiger partial charge in [-0.25, -0.2) is 19.7 Å². The van der Waals surface area contributed by atoms with Crippen LogP contribution >= 0.6 is 0 Å². The fraction of sp³-hybridized carbons (Fsp3) is 0.130. The molecule has 0 bridgehead atoms. The van der Waals surface area contributed by atoms with E-state index in [4.69, 9.17) is 4.74 Å². The van der Waals surface area contributed by atoms with Crippen LogP contribution in [-0.4, -0.2) is 25.6 Å². The van der Waals surface area contributed by atoms with Crippen molar-refractivity contribution in [1.82, 2.24) is 19.5 Å². The molecule has 0 saturated heterocycles. The van der Waals surface area contributed by atoms with Crippen molar-refractivity contribution in [3.8, 4) is 17.4 Å². The molecule has 0 spiro atoms. The Labute approximate surface area is 180 Å². The molecule has 0 radical (unpaired) electrons. The Morgan fingerprint density at radius 3 is 2.52 bits per heavy atom. The highest BCUT2D eigenvalue weighted by atomic mass is 16.5. The second kappa shape index (κ2) is 8.66. The van der Waals surface area contributed by atoms with Crippen LogP contribution in [-0.2, 0) is 0 Å². The van der Waals surface area contributed by atoms with E-state index in [2.05, 4.69) is 25.6 Å².